The van der Waals surface area contributed by atoms with Crippen LogP contribution in [0.3, 0.4) is 0 Å². The van der Waals surface area contributed by atoms with Gasteiger partial charge in [-0.05, 0) is 67.5 Å². The summed E-state index contributed by atoms with van der Waals surface area (Å²) in [6.07, 6.45) is 3.90. The summed E-state index contributed by atoms with van der Waals surface area (Å²) in [5, 5.41) is 12.2. The van der Waals surface area contributed by atoms with Crippen LogP contribution in [-0.4, -0.2) is 41.6 Å². The summed E-state index contributed by atoms with van der Waals surface area (Å²) in [4.78, 5) is 13.3. The summed E-state index contributed by atoms with van der Waals surface area (Å²) < 4.78 is 29.2. The third-order valence-electron chi connectivity index (χ3n) is 7.94. The first kappa shape index (κ1) is 31.2. The molecule has 230 valence electrons. The molecule has 44 heavy (non-hydrogen) atoms. The Kier molecular flexibility index (Phi) is 9.36. The van der Waals surface area contributed by atoms with E-state index in [9.17, 15) is 13.2 Å². The first-order chi connectivity index (χ1) is 21.0. The number of carbonyl (C=O) groups excluding carboxylic acids is 1. The summed E-state index contributed by atoms with van der Waals surface area (Å²) in [6, 6.07) is 26.8. The van der Waals surface area contributed by atoms with E-state index in [2.05, 4.69) is 31.4 Å². The Morgan fingerprint density at radius 3 is 2.27 bits per heavy atom. The highest BCUT2D eigenvalue weighted by atomic mass is 32.2. The number of aromatic nitrogens is 2. The van der Waals surface area contributed by atoms with E-state index in [1.165, 1.54) is 5.41 Å². The highest BCUT2D eigenvalue weighted by Gasteiger charge is 2.27. The van der Waals surface area contributed by atoms with E-state index in [1.807, 2.05) is 91.9 Å². The minimum absolute atomic E-state index is 0.192. The largest absolute Gasteiger partial charge is 0.324 e. The van der Waals surface area contributed by atoms with Gasteiger partial charge in [0.1, 0.15) is 5.82 Å². The van der Waals surface area contributed by atoms with Gasteiger partial charge in [-0.15, -0.1) is 0 Å². The highest BCUT2D eigenvalue weighted by Crippen LogP contribution is 2.29. The van der Waals surface area contributed by atoms with Crippen molar-refractivity contribution in [2.24, 2.45) is 5.92 Å². The van der Waals surface area contributed by atoms with E-state index in [-0.39, 0.29) is 11.4 Å². The van der Waals surface area contributed by atoms with Crippen molar-refractivity contribution in [2.45, 2.75) is 52.4 Å². The van der Waals surface area contributed by atoms with Crippen LogP contribution >= 0.6 is 0 Å². The lowest BCUT2D eigenvalue weighted by atomic mass is 9.90. The fourth-order valence-electron chi connectivity index (χ4n) is 5.30. The molecule has 1 fully saturated rings. The number of para-hydroxylation sites is 1. The minimum atomic E-state index is -3.48. The summed E-state index contributed by atoms with van der Waals surface area (Å²) >= 11 is 0. The van der Waals surface area contributed by atoms with Gasteiger partial charge in [-0.25, -0.2) is 17.9 Å². The van der Waals surface area contributed by atoms with Crippen LogP contribution in [0.25, 0.3) is 11.8 Å². The zero-order valence-corrected chi connectivity index (χ0v) is 26.6. The van der Waals surface area contributed by atoms with Gasteiger partial charge in [0.2, 0.25) is 10.0 Å². The van der Waals surface area contributed by atoms with Crippen LogP contribution in [0.4, 0.5) is 16.3 Å². The summed E-state index contributed by atoms with van der Waals surface area (Å²) in [5.41, 5.74) is 5.31. The molecule has 2 heterocycles. The molecule has 0 unspecified atom stereocenters. The quantitative estimate of drug-likeness (QED) is 0.217. The monoisotopic (exact) mass is 611 g/mol. The third kappa shape index (κ3) is 7.84. The van der Waals surface area contributed by atoms with Gasteiger partial charge < -0.3 is 5.32 Å². The molecule has 0 bridgehead atoms. The molecule has 0 saturated carbocycles. The summed E-state index contributed by atoms with van der Waals surface area (Å²) in [6.45, 7) is 9.26. The zero-order chi connectivity index (χ0) is 31.3. The number of nitrogens with zero attached hydrogens (tertiary/aromatic N) is 3. The van der Waals surface area contributed by atoms with Gasteiger partial charge in [-0.2, -0.15) is 9.40 Å². The van der Waals surface area contributed by atoms with Crippen molar-refractivity contribution in [3.05, 3.63) is 113 Å². The molecule has 1 aliphatic rings. The Balaban J connectivity index is 1.23. The minimum Gasteiger partial charge on any atom is -0.307 e. The van der Waals surface area contributed by atoms with E-state index < -0.39 is 10.0 Å². The summed E-state index contributed by atoms with van der Waals surface area (Å²) in [5.74, 6) is 0.895. The lowest BCUT2D eigenvalue weighted by Gasteiger charge is -2.30. The number of anilines is 2. The van der Waals surface area contributed by atoms with Gasteiger partial charge in [-0.1, -0.05) is 87.0 Å². The lowest BCUT2D eigenvalue weighted by Crippen LogP contribution is -2.37. The maximum Gasteiger partial charge on any atom is 0.324 e. The van der Waals surface area contributed by atoms with Gasteiger partial charge in [0.05, 0.1) is 11.4 Å². The number of amides is 2. The van der Waals surface area contributed by atoms with Gasteiger partial charge in [0.15, 0.2) is 0 Å². The Labute approximate surface area is 260 Å². The summed E-state index contributed by atoms with van der Waals surface area (Å²) in [7, 11) is -3.48. The van der Waals surface area contributed by atoms with Gasteiger partial charge in [-0.3, -0.25) is 5.32 Å². The van der Waals surface area contributed by atoms with Gasteiger partial charge in [0.25, 0.3) is 0 Å². The number of aryl methyl sites for hydroxylation is 1. The predicted molar refractivity (Wildman–Crippen MR) is 178 cm³/mol. The molecule has 1 aliphatic heterocycles. The molecule has 3 aromatic carbocycles. The number of carbonyl (C=O) groups is 1. The number of nitrogens with one attached hydrogen (secondary N) is 2. The average Bonchev–Trinajstić information content (AvgIpc) is 3.43. The Hall–Kier alpha value is -4.21. The second kappa shape index (κ2) is 13.2. The SMILES string of the molecule is Cc1ccc(-n2nc(C(C)(C)C)cc2NC(=O)Nc2ccccc2CC2CCN(S(=O)(=O)C=Cc3ccccc3)CC2)cc1. The molecule has 9 heteroatoms. The molecule has 2 N–H and O–H groups in total. The molecule has 5 rings (SSSR count). The number of sulfonamides is 1. The molecule has 2 amide bonds. The second-order valence-corrected chi connectivity index (χ2v) is 14.3. The molecule has 1 aromatic heterocycles. The van der Waals surface area contributed by atoms with Crippen LogP contribution in [0.1, 0.15) is 56.0 Å². The maximum absolute atomic E-state index is 13.3. The van der Waals surface area contributed by atoms with Crippen LogP contribution < -0.4 is 10.6 Å². The molecule has 0 radical (unpaired) electrons. The average molecular weight is 612 g/mol. The van der Waals surface area contributed by atoms with E-state index in [1.54, 1.807) is 15.1 Å². The second-order valence-electron chi connectivity index (χ2n) is 12.5. The topological polar surface area (TPSA) is 96.3 Å². The molecule has 0 aliphatic carbocycles. The number of piperidine rings is 1. The number of benzene rings is 3. The normalized spacial score (nSPS) is 15.0. The highest BCUT2D eigenvalue weighted by molar-refractivity contribution is 7.92. The molecule has 0 atom stereocenters. The number of urea groups is 1. The van der Waals surface area contributed by atoms with Crippen LogP contribution in [-0.2, 0) is 21.9 Å². The van der Waals surface area contributed by atoms with Crippen LogP contribution in [0.5, 0.6) is 0 Å². The first-order valence-electron chi connectivity index (χ1n) is 15.0. The maximum atomic E-state index is 13.3. The smallest absolute Gasteiger partial charge is 0.307 e. The van der Waals surface area contributed by atoms with Crippen molar-refractivity contribution in [2.75, 3.05) is 23.7 Å². The lowest BCUT2D eigenvalue weighted by molar-refractivity contribution is 0.261. The Bertz CT molecular complexity index is 1710. The Morgan fingerprint density at radius 1 is 0.932 bits per heavy atom. The van der Waals surface area contributed by atoms with Crippen molar-refractivity contribution in [1.82, 2.24) is 14.1 Å². The van der Waals surface area contributed by atoms with Crippen molar-refractivity contribution < 1.29 is 13.2 Å². The predicted octanol–water partition coefficient (Wildman–Crippen LogP) is 7.38. The van der Waals surface area contributed by atoms with Gasteiger partial charge >= 0.3 is 6.03 Å². The van der Waals surface area contributed by atoms with Gasteiger partial charge in [0, 0.05) is 35.7 Å². The Morgan fingerprint density at radius 2 is 1.59 bits per heavy atom. The molecule has 8 nitrogen and oxygen atoms in total. The van der Waals surface area contributed by atoms with Crippen molar-refractivity contribution in [1.29, 1.82) is 0 Å². The fraction of sp³-hybridized carbons (Fsp3) is 0.314. The molecule has 0 spiro atoms. The number of rotatable bonds is 8. The molecular weight excluding hydrogens is 570 g/mol. The molecular formula is C35H41N5O3S. The van der Waals surface area contributed by atoms with Crippen LogP contribution in [0.2, 0.25) is 0 Å². The van der Waals surface area contributed by atoms with E-state index in [0.717, 1.165) is 53.0 Å². The van der Waals surface area contributed by atoms with Crippen molar-refractivity contribution in [3.63, 3.8) is 0 Å². The third-order valence-corrected chi connectivity index (χ3v) is 9.50. The number of hydrogen-bond donors (Lipinski definition) is 2. The molecule has 1 saturated heterocycles. The van der Waals surface area contributed by atoms with Crippen molar-refractivity contribution >= 4 is 33.6 Å². The first-order valence-corrected chi connectivity index (χ1v) is 16.5. The van der Waals surface area contributed by atoms with Crippen LogP contribution in [0, 0.1) is 12.8 Å². The van der Waals surface area contributed by atoms with E-state index in [0.29, 0.717) is 24.8 Å². The fourth-order valence-corrected chi connectivity index (χ4v) is 6.52. The van der Waals surface area contributed by atoms with Crippen molar-refractivity contribution in [3.8, 4) is 5.69 Å². The van der Waals surface area contributed by atoms with E-state index >= 15 is 0 Å². The number of hydrogen-bond acceptors (Lipinski definition) is 4. The van der Waals surface area contributed by atoms with E-state index in [4.69, 9.17) is 5.10 Å². The molecule has 4 aromatic rings. The standard InChI is InChI=1S/C35H41N5O3S/c1-26-14-16-30(17-15-26)40-33(25-32(38-40)35(2,3)4)37-34(41)36-31-13-9-8-12-29(31)24-28-18-21-39(22-19-28)44(42,43)23-20-27-10-6-5-7-11-27/h5-17,20,23,25,28H,18-19,21-22,24H2,1-4H3,(H2,36,37,41). The van der Waals surface area contributed by atoms with Crippen LogP contribution in [0.15, 0.2) is 90.3 Å². The zero-order valence-electron chi connectivity index (χ0n) is 25.8.